The van der Waals surface area contributed by atoms with Gasteiger partial charge in [-0.2, -0.15) is 0 Å². The summed E-state index contributed by atoms with van der Waals surface area (Å²) in [5.41, 5.74) is 1.65. The number of hydrogen-bond donors (Lipinski definition) is 1. The Labute approximate surface area is 167 Å². The molecule has 3 rings (SSSR count). The third-order valence-corrected chi connectivity index (χ3v) is 4.92. The fourth-order valence-electron chi connectivity index (χ4n) is 3.53. The molecule has 0 saturated carbocycles. The maximum atomic E-state index is 13.0. The van der Waals surface area contributed by atoms with Crippen molar-refractivity contribution in [3.8, 4) is 17.2 Å². The maximum Gasteiger partial charge on any atom is 0.261 e. The number of rotatable bonds is 6. The number of ether oxygens (including phenoxy) is 3. The molecule has 2 aromatic carbocycles. The van der Waals surface area contributed by atoms with Gasteiger partial charge in [-0.25, -0.2) is 0 Å². The Kier molecular flexibility index (Phi) is 5.82. The molecule has 5 heteroatoms. The number of benzene rings is 2. The Hall–Kier alpha value is -2.69. The van der Waals surface area contributed by atoms with Gasteiger partial charge >= 0.3 is 0 Å². The zero-order valence-electron chi connectivity index (χ0n) is 17.2. The summed E-state index contributed by atoms with van der Waals surface area (Å²) in [7, 11) is 1.63. The fourth-order valence-corrected chi connectivity index (χ4v) is 3.53. The van der Waals surface area contributed by atoms with Gasteiger partial charge in [-0.05, 0) is 63.1 Å². The van der Waals surface area contributed by atoms with E-state index < -0.39 is 6.10 Å². The molecule has 0 aromatic heterocycles. The number of hydrogen-bond acceptors (Lipinski definition) is 4. The molecule has 0 fully saturated rings. The minimum Gasteiger partial charge on any atom is -0.497 e. The lowest BCUT2D eigenvalue weighted by Crippen LogP contribution is -2.45. The summed E-state index contributed by atoms with van der Waals surface area (Å²) in [4.78, 5) is 13.0. The zero-order chi connectivity index (χ0) is 20.3. The molecule has 0 aliphatic carbocycles. The van der Waals surface area contributed by atoms with E-state index in [0.717, 1.165) is 22.6 Å². The van der Waals surface area contributed by atoms with Crippen LogP contribution in [0, 0.1) is 6.92 Å². The largest absolute Gasteiger partial charge is 0.497 e. The van der Waals surface area contributed by atoms with Gasteiger partial charge in [0.1, 0.15) is 22.8 Å². The molecule has 150 valence electrons. The van der Waals surface area contributed by atoms with Gasteiger partial charge in [-0.1, -0.05) is 19.1 Å². The molecule has 1 N–H and O–H groups in total. The van der Waals surface area contributed by atoms with Gasteiger partial charge in [-0.3, -0.25) is 4.79 Å². The van der Waals surface area contributed by atoms with E-state index in [4.69, 9.17) is 14.2 Å². The van der Waals surface area contributed by atoms with Gasteiger partial charge in [0.2, 0.25) is 0 Å². The highest BCUT2D eigenvalue weighted by molar-refractivity contribution is 5.81. The number of nitrogens with one attached hydrogen (secondary N) is 1. The highest BCUT2D eigenvalue weighted by Crippen LogP contribution is 2.41. The van der Waals surface area contributed by atoms with Crippen molar-refractivity contribution in [2.45, 2.75) is 58.3 Å². The van der Waals surface area contributed by atoms with Crippen LogP contribution in [0.1, 0.15) is 50.8 Å². The Balaban J connectivity index is 1.80. The molecule has 1 aliphatic rings. The van der Waals surface area contributed by atoms with E-state index in [1.54, 1.807) is 7.11 Å². The van der Waals surface area contributed by atoms with E-state index in [9.17, 15) is 4.79 Å². The van der Waals surface area contributed by atoms with E-state index in [-0.39, 0.29) is 17.6 Å². The fraction of sp³-hybridized carbons (Fsp3) is 0.435. The van der Waals surface area contributed by atoms with Crippen molar-refractivity contribution >= 4 is 5.91 Å². The second-order valence-corrected chi connectivity index (χ2v) is 7.86. The normalized spacial score (nSPS) is 18.4. The second kappa shape index (κ2) is 8.13. The monoisotopic (exact) mass is 383 g/mol. The molecular weight excluding hydrogens is 354 g/mol. The number of aryl methyl sites for hydroxylation is 1. The molecule has 1 heterocycles. The van der Waals surface area contributed by atoms with Crippen LogP contribution in [0.5, 0.6) is 17.2 Å². The van der Waals surface area contributed by atoms with E-state index in [1.807, 2.05) is 70.2 Å². The SMILES string of the molecule is CC[C@@H](Oc1cccc(C)c1)C(=O)N[C@H]1CC(C)(C)Oc2ccc(OC)cc21. The number of fused-ring (bicyclic) bond motifs is 1. The highest BCUT2D eigenvalue weighted by atomic mass is 16.5. The first-order valence-corrected chi connectivity index (χ1v) is 9.72. The number of amides is 1. The summed E-state index contributed by atoms with van der Waals surface area (Å²) in [6.45, 7) is 8.01. The lowest BCUT2D eigenvalue weighted by molar-refractivity contribution is -0.129. The summed E-state index contributed by atoms with van der Waals surface area (Å²) in [5.74, 6) is 2.09. The smallest absolute Gasteiger partial charge is 0.261 e. The Morgan fingerprint density at radius 3 is 2.71 bits per heavy atom. The summed E-state index contributed by atoms with van der Waals surface area (Å²) < 4.78 is 17.4. The topological polar surface area (TPSA) is 56.8 Å². The summed E-state index contributed by atoms with van der Waals surface area (Å²) >= 11 is 0. The van der Waals surface area contributed by atoms with Crippen LogP contribution in [0.2, 0.25) is 0 Å². The molecule has 0 bridgehead atoms. The van der Waals surface area contributed by atoms with Gasteiger partial charge in [0, 0.05) is 12.0 Å². The maximum absolute atomic E-state index is 13.0. The van der Waals surface area contributed by atoms with Crippen LogP contribution >= 0.6 is 0 Å². The molecule has 2 aromatic rings. The molecule has 0 saturated heterocycles. The molecule has 0 radical (unpaired) electrons. The predicted molar refractivity (Wildman–Crippen MR) is 109 cm³/mol. The molecule has 0 spiro atoms. The first-order valence-electron chi connectivity index (χ1n) is 9.72. The van der Waals surface area contributed by atoms with Crippen LogP contribution in [0.4, 0.5) is 0 Å². The number of methoxy groups -OCH3 is 1. The van der Waals surface area contributed by atoms with Crippen LogP contribution in [-0.2, 0) is 4.79 Å². The molecular formula is C23H29NO4. The van der Waals surface area contributed by atoms with Gasteiger partial charge < -0.3 is 19.5 Å². The summed E-state index contributed by atoms with van der Waals surface area (Å²) in [6.07, 6.45) is 0.693. The van der Waals surface area contributed by atoms with Crippen molar-refractivity contribution in [2.24, 2.45) is 0 Å². The third kappa shape index (κ3) is 4.58. The molecule has 1 aliphatic heterocycles. The average Bonchev–Trinajstić information content (AvgIpc) is 2.65. The van der Waals surface area contributed by atoms with Crippen molar-refractivity contribution in [3.63, 3.8) is 0 Å². The standard InChI is InChI=1S/C23H29NO4/c1-6-20(27-17-9-7-8-15(2)12-17)22(25)24-19-14-23(3,4)28-21-11-10-16(26-5)13-18(19)21/h7-13,19-20H,6,14H2,1-5H3,(H,24,25)/t19-,20+/m0/s1. The van der Waals surface area contributed by atoms with Crippen LogP contribution in [-0.4, -0.2) is 24.7 Å². The van der Waals surface area contributed by atoms with Crippen molar-refractivity contribution in [1.29, 1.82) is 0 Å². The van der Waals surface area contributed by atoms with E-state index in [0.29, 0.717) is 18.6 Å². The Morgan fingerprint density at radius 2 is 2.04 bits per heavy atom. The average molecular weight is 383 g/mol. The molecule has 2 atom stereocenters. The molecule has 1 amide bonds. The predicted octanol–water partition coefficient (Wildman–Crippen LogP) is 4.58. The van der Waals surface area contributed by atoms with Gasteiger partial charge in [0.05, 0.1) is 13.2 Å². The van der Waals surface area contributed by atoms with Crippen LogP contribution in [0.15, 0.2) is 42.5 Å². The lowest BCUT2D eigenvalue weighted by Gasteiger charge is -2.38. The van der Waals surface area contributed by atoms with E-state index in [2.05, 4.69) is 5.32 Å². The van der Waals surface area contributed by atoms with Crippen LogP contribution in [0.3, 0.4) is 0 Å². The summed E-state index contributed by atoms with van der Waals surface area (Å²) in [6, 6.07) is 13.3. The van der Waals surface area contributed by atoms with Crippen LogP contribution < -0.4 is 19.5 Å². The molecule has 28 heavy (non-hydrogen) atoms. The van der Waals surface area contributed by atoms with Gasteiger partial charge in [-0.15, -0.1) is 0 Å². The van der Waals surface area contributed by atoms with E-state index >= 15 is 0 Å². The second-order valence-electron chi connectivity index (χ2n) is 7.86. The first kappa shape index (κ1) is 20.1. The van der Waals surface area contributed by atoms with Gasteiger partial charge in [0.15, 0.2) is 6.10 Å². The summed E-state index contributed by atoms with van der Waals surface area (Å²) in [5, 5.41) is 3.17. The van der Waals surface area contributed by atoms with Crippen LogP contribution in [0.25, 0.3) is 0 Å². The van der Waals surface area contributed by atoms with Crippen molar-refractivity contribution in [3.05, 3.63) is 53.6 Å². The van der Waals surface area contributed by atoms with E-state index in [1.165, 1.54) is 0 Å². The molecule has 0 unspecified atom stereocenters. The molecule has 5 nitrogen and oxygen atoms in total. The van der Waals surface area contributed by atoms with Crippen molar-refractivity contribution in [1.82, 2.24) is 5.32 Å². The van der Waals surface area contributed by atoms with Crippen molar-refractivity contribution in [2.75, 3.05) is 7.11 Å². The first-order chi connectivity index (χ1) is 13.3. The van der Waals surface area contributed by atoms with Gasteiger partial charge in [0.25, 0.3) is 5.91 Å². The minimum absolute atomic E-state index is 0.125. The highest BCUT2D eigenvalue weighted by Gasteiger charge is 2.36. The minimum atomic E-state index is -0.554. The quantitative estimate of drug-likeness (QED) is 0.793. The Morgan fingerprint density at radius 1 is 1.25 bits per heavy atom. The Bertz CT molecular complexity index is 846. The zero-order valence-corrected chi connectivity index (χ0v) is 17.2. The lowest BCUT2D eigenvalue weighted by atomic mass is 9.89. The number of carbonyl (C=O) groups excluding carboxylic acids is 1. The third-order valence-electron chi connectivity index (χ3n) is 4.92. The number of carbonyl (C=O) groups is 1. The van der Waals surface area contributed by atoms with Crippen molar-refractivity contribution < 1.29 is 19.0 Å².